The number of rotatable bonds is 7. The Morgan fingerprint density at radius 2 is 1.85 bits per heavy atom. The number of hydrogen-bond acceptors (Lipinski definition) is 4. The molecule has 6 heteroatoms. The van der Waals surface area contributed by atoms with Crippen LogP contribution in [0, 0.1) is 6.92 Å². The van der Waals surface area contributed by atoms with Crippen molar-refractivity contribution in [3.8, 4) is 11.5 Å². The fraction of sp³-hybridized carbons (Fsp3) is 0.381. The number of aryl methyl sites for hydroxylation is 1. The topological polar surface area (TPSA) is 62.8 Å². The van der Waals surface area contributed by atoms with Crippen molar-refractivity contribution in [3.63, 3.8) is 0 Å². The molecule has 1 heterocycles. The van der Waals surface area contributed by atoms with E-state index in [0.717, 1.165) is 47.8 Å². The highest BCUT2D eigenvalue weighted by molar-refractivity contribution is 5.90. The summed E-state index contributed by atoms with van der Waals surface area (Å²) in [6.45, 7) is 9.02. The minimum Gasteiger partial charge on any atom is -0.454 e. The van der Waals surface area contributed by atoms with Crippen LogP contribution >= 0.6 is 0 Å². The number of hydrogen-bond donors (Lipinski definition) is 2. The molecule has 0 unspecified atom stereocenters. The normalized spacial score (nSPS) is 12.0. The molecule has 2 aromatic rings. The van der Waals surface area contributed by atoms with Gasteiger partial charge in [0.2, 0.25) is 6.79 Å². The number of nitrogens with zero attached hydrogens (tertiary/aromatic N) is 1. The third-order valence-corrected chi connectivity index (χ3v) is 4.72. The summed E-state index contributed by atoms with van der Waals surface area (Å²) in [6.07, 6.45) is 0.726. The van der Waals surface area contributed by atoms with Gasteiger partial charge in [0.25, 0.3) is 0 Å². The molecule has 0 bridgehead atoms. The average Bonchev–Trinajstić information content (AvgIpc) is 3.13. The van der Waals surface area contributed by atoms with Crippen LogP contribution in [0.2, 0.25) is 0 Å². The lowest BCUT2D eigenvalue weighted by molar-refractivity contribution is 0.174. The number of benzene rings is 2. The number of carbonyl (C=O) groups is 1. The number of fused-ring (bicyclic) bond motifs is 1. The number of ether oxygens (including phenoxy) is 2. The molecule has 1 aliphatic rings. The summed E-state index contributed by atoms with van der Waals surface area (Å²) in [7, 11) is 0. The van der Waals surface area contributed by atoms with E-state index in [-0.39, 0.29) is 12.8 Å². The van der Waals surface area contributed by atoms with Gasteiger partial charge in [-0.25, -0.2) is 4.79 Å². The van der Waals surface area contributed by atoms with Gasteiger partial charge in [-0.05, 0) is 68.7 Å². The predicted octanol–water partition coefficient (Wildman–Crippen LogP) is 3.93. The van der Waals surface area contributed by atoms with E-state index < -0.39 is 0 Å². The van der Waals surface area contributed by atoms with Gasteiger partial charge < -0.3 is 25.0 Å². The third kappa shape index (κ3) is 4.64. The molecule has 2 amide bonds. The van der Waals surface area contributed by atoms with Crippen LogP contribution in [0.25, 0.3) is 0 Å². The average molecular weight is 369 g/mol. The molecular weight excluding hydrogens is 342 g/mol. The summed E-state index contributed by atoms with van der Waals surface area (Å²) >= 11 is 0. The quantitative estimate of drug-likeness (QED) is 0.776. The molecule has 6 nitrogen and oxygen atoms in total. The van der Waals surface area contributed by atoms with Crippen molar-refractivity contribution in [1.29, 1.82) is 0 Å². The second-order valence-corrected chi connectivity index (χ2v) is 6.49. The van der Waals surface area contributed by atoms with Gasteiger partial charge in [0.05, 0.1) is 0 Å². The Labute approximate surface area is 160 Å². The third-order valence-electron chi connectivity index (χ3n) is 4.72. The van der Waals surface area contributed by atoms with E-state index in [4.69, 9.17) is 9.47 Å². The minimum absolute atomic E-state index is 0.200. The van der Waals surface area contributed by atoms with E-state index >= 15 is 0 Å². The predicted molar refractivity (Wildman–Crippen MR) is 108 cm³/mol. The highest BCUT2D eigenvalue weighted by atomic mass is 16.7. The van der Waals surface area contributed by atoms with Crippen LogP contribution in [-0.2, 0) is 6.42 Å². The number of carbonyl (C=O) groups excluding carboxylic acids is 1. The molecule has 0 aliphatic carbocycles. The van der Waals surface area contributed by atoms with Gasteiger partial charge >= 0.3 is 6.03 Å². The summed E-state index contributed by atoms with van der Waals surface area (Å²) in [5.74, 6) is 1.54. The molecule has 144 valence electrons. The van der Waals surface area contributed by atoms with Crippen molar-refractivity contribution in [2.75, 3.05) is 36.6 Å². The van der Waals surface area contributed by atoms with Gasteiger partial charge in [0, 0.05) is 31.0 Å². The Balaban J connectivity index is 1.50. The maximum Gasteiger partial charge on any atom is 0.319 e. The summed E-state index contributed by atoms with van der Waals surface area (Å²) in [5.41, 5.74) is 4.14. The minimum atomic E-state index is -0.200. The van der Waals surface area contributed by atoms with E-state index in [1.165, 1.54) is 5.69 Å². The first-order valence-electron chi connectivity index (χ1n) is 9.39. The zero-order valence-electron chi connectivity index (χ0n) is 16.2. The van der Waals surface area contributed by atoms with Crippen molar-refractivity contribution in [2.45, 2.75) is 27.2 Å². The number of urea groups is 1. The molecule has 0 spiro atoms. The number of anilines is 2. The highest BCUT2D eigenvalue weighted by Crippen LogP contribution is 2.32. The van der Waals surface area contributed by atoms with Gasteiger partial charge in [-0.2, -0.15) is 0 Å². The van der Waals surface area contributed by atoms with Gasteiger partial charge in [0.1, 0.15) is 0 Å². The fourth-order valence-corrected chi connectivity index (χ4v) is 3.16. The monoisotopic (exact) mass is 369 g/mol. The number of nitrogens with one attached hydrogen (secondary N) is 2. The summed E-state index contributed by atoms with van der Waals surface area (Å²) < 4.78 is 10.7. The summed E-state index contributed by atoms with van der Waals surface area (Å²) in [5, 5.41) is 5.83. The van der Waals surface area contributed by atoms with Crippen LogP contribution in [0.15, 0.2) is 36.4 Å². The van der Waals surface area contributed by atoms with Crippen molar-refractivity contribution < 1.29 is 14.3 Å². The molecular formula is C21H27N3O3. The Kier molecular flexibility index (Phi) is 6.06. The van der Waals surface area contributed by atoms with E-state index in [1.54, 1.807) is 0 Å². The van der Waals surface area contributed by atoms with E-state index in [0.29, 0.717) is 6.54 Å². The Morgan fingerprint density at radius 1 is 1.07 bits per heavy atom. The van der Waals surface area contributed by atoms with Crippen molar-refractivity contribution >= 4 is 17.4 Å². The van der Waals surface area contributed by atoms with Gasteiger partial charge in [-0.3, -0.25) is 0 Å². The molecule has 0 saturated heterocycles. The summed E-state index contributed by atoms with van der Waals surface area (Å²) in [6, 6.07) is 11.8. The number of amides is 2. The molecule has 1 aliphatic heterocycles. The molecule has 2 N–H and O–H groups in total. The van der Waals surface area contributed by atoms with Gasteiger partial charge in [-0.15, -0.1) is 0 Å². The lowest BCUT2D eigenvalue weighted by Crippen LogP contribution is -2.30. The zero-order chi connectivity index (χ0) is 19.2. The molecule has 27 heavy (non-hydrogen) atoms. The smallest absolute Gasteiger partial charge is 0.319 e. The first-order chi connectivity index (χ1) is 13.1. The molecule has 3 rings (SSSR count). The maximum atomic E-state index is 12.2. The first-order valence-corrected chi connectivity index (χ1v) is 9.39. The van der Waals surface area contributed by atoms with E-state index in [1.807, 2.05) is 37.3 Å². The summed E-state index contributed by atoms with van der Waals surface area (Å²) in [4.78, 5) is 14.5. The molecule has 0 radical (unpaired) electrons. The lowest BCUT2D eigenvalue weighted by atomic mass is 10.1. The molecule has 0 saturated carbocycles. The van der Waals surface area contributed by atoms with Gasteiger partial charge in [-0.1, -0.05) is 6.07 Å². The Bertz CT molecular complexity index is 803. The van der Waals surface area contributed by atoms with Crippen molar-refractivity contribution in [1.82, 2.24) is 5.32 Å². The zero-order valence-corrected chi connectivity index (χ0v) is 16.2. The van der Waals surface area contributed by atoms with Gasteiger partial charge in [0.15, 0.2) is 11.5 Å². The molecule has 0 atom stereocenters. The van der Waals surface area contributed by atoms with E-state index in [9.17, 15) is 4.79 Å². The molecule has 2 aromatic carbocycles. The highest BCUT2D eigenvalue weighted by Gasteiger charge is 2.13. The maximum absolute atomic E-state index is 12.2. The van der Waals surface area contributed by atoms with Crippen molar-refractivity contribution in [3.05, 3.63) is 47.5 Å². The Morgan fingerprint density at radius 3 is 2.59 bits per heavy atom. The van der Waals surface area contributed by atoms with Crippen LogP contribution < -0.4 is 25.0 Å². The SMILES string of the molecule is CCN(CC)c1ccc(NC(=O)NCCc2ccc3c(c2)OCO3)c(C)c1. The lowest BCUT2D eigenvalue weighted by Gasteiger charge is -2.22. The second kappa shape index (κ2) is 8.66. The van der Waals surface area contributed by atoms with Crippen LogP contribution in [-0.4, -0.2) is 32.5 Å². The standard InChI is InChI=1S/C21H27N3O3/c1-4-24(5-2)17-7-8-18(15(3)12-17)23-21(25)22-11-10-16-6-9-19-20(13-16)27-14-26-19/h6-9,12-13H,4-5,10-11,14H2,1-3H3,(H2,22,23,25). The molecule has 0 fully saturated rings. The second-order valence-electron chi connectivity index (χ2n) is 6.49. The van der Waals surface area contributed by atoms with Crippen molar-refractivity contribution in [2.24, 2.45) is 0 Å². The fourth-order valence-electron chi connectivity index (χ4n) is 3.16. The van der Waals surface area contributed by atoms with Crippen LogP contribution in [0.3, 0.4) is 0 Å². The van der Waals surface area contributed by atoms with E-state index in [2.05, 4.69) is 35.4 Å². The Hall–Kier alpha value is -2.89. The van der Waals surface area contributed by atoms with Crippen LogP contribution in [0.5, 0.6) is 11.5 Å². The van der Waals surface area contributed by atoms with Crippen LogP contribution in [0.4, 0.5) is 16.2 Å². The largest absolute Gasteiger partial charge is 0.454 e. The molecule has 0 aromatic heterocycles. The first kappa shape index (κ1) is 18.9. The van der Waals surface area contributed by atoms with Crippen LogP contribution in [0.1, 0.15) is 25.0 Å².